The highest BCUT2D eigenvalue weighted by Gasteiger charge is 2.26. The van der Waals surface area contributed by atoms with Crippen LogP contribution in [0, 0.1) is 5.82 Å². The molecule has 2 heterocycles. The Morgan fingerprint density at radius 3 is 3.00 bits per heavy atom. The van der Waals surface area contributed by atoms with Crippen molar-refractivity contribution >= 4 is 27.3 Å². The van der Waals surface area contributed by atoms with E-state index >= 15 is 0 Å². The van der Waals surface area contributed by atoms with Crippen molar-refractivity contribution < 1.29 is 14.3 Å². The molecule has 1 amide bonds. The molecule has 1 saturated heterocycles. The summed E-state index contributed by atoms with van der Waals surface area (Å²) in [6.45, 7) is 0.937. The molecule has 0 saturated carbocycles. The number of aliphatic hydroxyl groups excluding tert-OH is 1. The number of likely N-dealkylation sites (tertiary alicyclic amines) is 1. The summed E-state index contributed by atoms with van der Waals surface area (Å²) in [5.74, 6) is -0.420. The van der Waals surface area contributed by atoms with E-state index in [1.807, 2.05) is 0 Å². The number of rotatable bonds is 1. The van der Waals surface area contributed by atoms with E-state index in [9.17, 15) is 14.3 Å². The van der Waals surface area contributed by atoms with Crippen molar-refractivity contribution in [1.82, 2.24) is 4.90 Å². The molecule has 2 aromatic rings. The molecule has 1 aliphatic heterocycles. The quantitative estimate of drug-likeness (QED) is 0.859. The third-order valence-electron chi connectivity index (χ3n) is 3.17. The fourth-order valence-electron chi connectivity index (χ4n) is 2.21. The van der Waals surface area contributed by atoms with Crippen LogP contribution < -0.4 is 0 Å². The molecule has 0 spiro atoms. The number of amides is 1. The average Bonchev–Trinajstić information content (AvgIpc) is 2.95. The number of halogens is 1. The Hall–Kier alpha value is -1.46. The van der Waals surface area contributed by atoms with Gasteiger partial charge in [0.05, 0.1) is 11.0 Å². The summed E-state index contributed by atoms with van der Waals surface area (Å²) >= 11 is 1.29. The van der Waals surface area contributed by atoms with Crippen molar-refractivity contribution in [2.75, 3.05) is 13.1 Å². The molecule has 1 unspecified atom stereocenters. The first-order valence-corrected chi connectivity index (χ1v) is 6.62. The van der Waals surface area contributed by atoms with Gasteiger partial charge in [0.15, 0.2) is 0 Å². The van der Waals surface area contributed by atoms with Gasteiger partial charge in [-0.1, -0.05) is 6.07 Å². The van der Waals surface area contributed by atoms with E-state index < -0.39 is 6.10 Å². The van der Waals surface area contributed by atoms with Crippen molar-refractivity contribution in [3.05, 3.63) is 35.0 Å². The number of hydrogen-bond donors (Lipinski definition) is 1. The van der Waals surface area contributed by atoms with Crippen LogP contribution in [-0.4, -0.2) is 35.1 Å². The molecular formula is C13H12FNO2S. The lowest BCUT2D eigenvalue weighted by molar-refractivity contribution is 0.0770. The van der Waals surface area contributed by atoms with Gasteiger partial charge in [0, 0.05) is 23.2 Å². The maximum atomic E-state index is 13.5. The van der Waals surface area contributed by atoms with Gasteiger partial charge in [0.2, 0.25) is 0 Å². The largest absolute Gasteiger partial charge is 0.391 e. The summed E-state index contributed by atoms with van der Waals surface area (Å²) in [6, 6.07) is 6.44. The SMILES string of the molecule is O=C(c1cc2c(F)cccc2s1)N1CCC(O)C1. The van der Waals surface area contributed by atoms with Crippen LogP contribution in [-0.2, 0) is 0 Å². The highest BCUT2D eigenvalue weighted by atomic mass is 32.1. The number of nitrogens with zero attached hydrogens (tertiary/aromatic N) is 1. The minimum atomic E-state index is -0.430. The molecule has 0 aliphatic carbocycles. The van der Waals surface area contributed by atoms with Gasteiger partial charge in [-0.25, -0.2) is 4.39 Å². The van der Waals surface area contributed by atoms with Crippen LogP contribution in [0.2, 0.25) is 0 Å². The molecule has 94 valence electrons. The van der Waals surface area contributed by atoms with Crippen LogP contribution in [0.15, 0.2) is 24.3 Å². The molecule has 0 radical (unpaired) electrons. The molecule has 1 N–H and O–H groups in total. The van der Waals surface area contributed by atoms with E-state index in [-0.39, 0.29) is 11.7 Å². The van der Waals surface area contributed by atoms with E-state index in [4.69, 9.17) is 0 Å². The second kappa shape index (κ2) is 4.33. The smallest absolute Gasteiger partial charge is 0.264 e. The van der Waals surface area contributed by atoms with Crippen LogP contribution in [0.5, 0.6) is 0 Å². The number of carbonyl (C=O) groups is 1. The first kappa shape index (κ1) is 11.6. The standard InChI is InChI=1S/C13H12FNO2S/c14-10-2-1-3-11-9(10)6-12(18-11)13(17)15-5-4-8(16)7-15/h1-3,6,8,16H,4-5,7H2. The topological polar surface area (TPSA) is 40.5 Å². The molecule has 0 bridgehead atoms. The molecule has 5 heteroatoms. The molecule has 3 nitrogen and oxygen atoms in total. The van der Waals surface area contributed by atoms with Crippen LogP contribution in [0.1, 0.15) is 16.1 Å². The lowest BCUT2D eigenvalue weighted by Gasteiger charge is -2.13. The number of benzene rings is 1. The van der Waals surface area contributed by atoms with E-state index in [1.165, 1.54) is 17.4 Å². The summed E-state index contributed by atoms with van der Waals surface area (Å²) in [6.07, 6.45) is 0.186. The predicted molar refractivity (Wildman–Crippen MR) is 68.3 cm³/mol. The first-order chi connectivity index (χ1) is 8.65. The zero-order valence-electron chi connectivity index (χ0n) is 9.60. The van der Waals surface area contributed by atoms with Crippen LogP contribution in [0.25, 0.3) is 10.1 Å². The van der Waals surface area contributed by atoms with E-state index in [2.05, 4.69) is 0 Å². The average molecular weight is 265 g/mol. The third kappa shape index (κ3) is 1.89. The number of hydrogen-bond acceptors (Lipinski definition) is 3. The minimum absolute atomic E-state index is 0.118. The lowest BCUT2D eigenvalue weighted by atomic mass is 10.2. The van der Waals surface area contributed by atoms with Crippen molar-refractivity contribution in [2.45, 2.75) is 12.5 Å². The van der Waals surface area contributed by atoms with Crippen LogP contribution >= 0.6 is 11.3 Å². The summed E-state index contributed by atoms with van der Waals surface area (Å²) in [4.78, 5) is 14.3. The fourth-order valence-corrected chi connectivity index (χ4v) is 3.26. The Morgan fingerprint density at radius 1 is 1.50 bits per heavy atom. The number of β-amino-alcohol motifs (C(OH)–C–C–N with tert-alkyl or cyclic N) is 1. The fraction of sp³-hybridized carbons (Fsp3) is 0.308. The predicted octanol–water partition coefficient (Wildman–Crippen LogP) is 2.25. The second-order valence-corrected chi connectivity index (χ2v) is 5.54. The van der Waals surface area contributed by atoms with Crippen molar-refractivity contribution in [3.63, 3.8) is 0 Å². The number of thiophene rings is 1. The van der Waals surface area contributed by atoms with E-state index in [0.717, 1.165) is 4.70 Å². The molecule has 18 heavy (non-hydrogen) atoms. The summed E-state index contributed by atoms with van der Waals surface area (Å²) in [7, 11) is 0. The third-order valence-corrected chi connectivity index (χ3v) is 4.26. The van der Waals surface area contributed by atoms with Gasteiger partial charge in [-0.3, -0.25) is 4.79 Å². The minimum Gasteiger partial charge on any atom is -0.391 e. The van der Waals surface area contributed by atoms with Gasteiger partial charge in [0.25, 0.3) is 5.91 Å². The van der Waals surface area contributed by atoms with Crippen molar-refractivity contribution in [2.24, 2.45) is 0 Å². The molecule has 3 rings (SSSR count). The molecule has 1 aliphatic rings. The molecule has 1 aromatic carbocycles. The van der Waals surface area contributed by atoms with Crippen molar-refractivity contribution in [3.8, 4) is 0 Å². The molecule has 1 fully saturated rings. The van der Waals surface area contributed by atoms with Gasteiger partial charge in [-0.05, 0) is 24.6 Å². The highest BCUT2D eigenvalue weighted by molar-refractivity contribution is 7.20. The summed E-state index contributed by atoms with van der Waals surface area (Å²) in [5.41, 5.74) is 0. The normalized spacial score (nSPS) is 19.7. The van der Waals surface area contributed by atoms with Crippen molar-refractivity contribution in [1.29, 1.82) is 0 Å². The summed E-state index contributed by atoms with van der Waals surface area (Å²) in [5, 5.41) is 9.92. The molecular weight excluding hydrogens is 253 g/mol. The Labute approximate surface area is 107 Å². The Balaban J connectivity index is 1.95. The van der Waals surface area contributed by atoms with E-state index in [1.54, 1.807) is 23.1 Å². The van der Waals surface area contributed by atoms with Gasteiger partial charge < -0.3 is 10.0 Å². The maximum Gasteiger partial charge on any atom is 0.264 e. The zero-order valence-corrected chi connectivity index (χ0v) is 10.4. The maximum absolute atomic E-state index is 13.5. The number of aliphatic hydroxyl groups is 1. The van der Waals surface area contributed by atoms with Gasteiger partial charge >= 0.3 is 0 Å². The van der Waals surface area contributed by atoms with Gasteiger partial charge in [-0.2, -0.15) is 0 Å². The monoisotopic (exact) mass is 265 g/mol. The summed E-state index contributed by atoms with van der Waals surface area (Å²) < 4.78 is 14.3. The lowest BCUT2D eigenvalue weighted by Crippen LogP contribution is -2.28. The van der Waals surface area contributed by atoms with Crippen LogP contribution in [0.4, 0.5) is 4.39 Å². The Kier molecular flexibility index (Phi) is 2.80. The number of fused-ring (bicyclic) bond motifs is 1. The van der Waals surface area contributed by atoms with Gasteiger partial charge in [-0.15, -0.1) is 11.3 Å². The highest BCUT2D eigenvalue weighted by Crippen LogP contribution is 2.29. The second-order valence-electron chi connectivity index (χ2n) is 4.46. The Bertz CT molecular complexity index is 610. The zero-order chi connectivity index (χ0) is 12.7. The molecule has 1 aromatic heterocycles. The number of carbonyl (C=O) groups excluding carboxylic acids is 1. The van der Waals surface area contributed by atoms with E-state index in [0.29, 0.717) is 29.8 Å². The van der Waals surface area contributed by atoms with Crippen LogP contribution in [0.3, 0.4) is 0 Å². The first-order valence-electron chi connectivity index (χ1n) is 5.80. The van der Waals surface area contributed by atoms with Gasteiger partial charge in [0.1, 0.15) is 5.82 Å². The Morgan fingerprint density at radius 2 is 2.33 bits per heavy atom. The molecule has 1 atom stereocenters.